The van der Waals surface area contributed by atoms with Gasteiger partial charge in [0.1, 0.15) is 5.01 Å². The number of nitrogens with zero attached hydrogens (tertiary/aromatic N) is 2. The van der Waals surface area contributed by atoms with Crippen molar-refractivity contribution in [2.24, 2.45) is 4.99 Å². The first-order chi connectivity index (χ1) is 12.5. The van der Waals surface area contributed by atoms with Gasteiger partial charge in [0.25, 0.3) is 0 Å². The van der Waals surface area contributed by atoms with Crippen molar-refractivity contribution in [3.8, 4) is 12.3 Å². The minimum atomic E-state index is -0.182. The molecule has 0 unspecified atom stereocenters. The fourth-order valence-electron chi connectivity index (χ4n) is 2.11. The van der Waals surface area contributed by atoms with Crippen LogP contribution in [0.15, 0.2) is 34.6 Å². The number of rotatable bonds is 6. The molecule has 1 heterocycles. The zero-order valence-electron chi connectivity index (χ0n) is 15.6. The molecule has 0 saturated heterocycles. The van der Waals surface area contributed by atoms with Crippen LogP contribution in [0.4, 0.5) is 5.69 Å². The summed E-state index contributed by atoms with van der Waals surface area (Å²) in [4.78, 5) is 20.7. The summed E-state index contributed by atoms with van der Waals surface area (Å²) in [6, 6.07) is 7.15. The van der Waals surface area contributed by atoms with Crippen LogP contribution in [0.5, 0.6) is 0 Å². The molecule has 144 valence electrons. The molecule has 0 fully saturated rings. The van der Waals surface area contributed by atoms with Crippen molar-refractivity contribution in [2.45, 2.75) is 26.3 Å². The van der Waals surface area contributed by atoms with Gasteiger partial charge in [0, 0.05) is 23.7 Å². The summed E-state index contributed by atoms with van der Waals surface area (Å²) in [5, 5.41) is 12.0. The molecule has 8 heteroatoms. The van der Waals surface area contributed by atoms with Crippen molar-refractivity contribution in [1.82, 2.24) is 15.6 Å². The molecule has 6 nitrogen and oxygen atoms in total. The largest absolute Gasteiger partial charge is 0.350 e. The maximum Gasteiger partial charge on any atom is 0.243 e. The molecule has 3 N–H and O–H groups in total. The summed E-state index contributed by atoms with van der Waals surface area (Å²) in [6.45, 7) is 4.88. The van der Waals surface area contributed by atoms with Crippen molar-refractivity contribution in [2.75, 3.05) is 18.9 Å². The number of halogens is 1. The Bertz CT molecular complexity index is 826. The van der Waals surface area contributed by atoms with Crippen LogP contribution in [-0.2, 0) is 11.3 Å². The van der Waals surface area contributed by atoms with Crippen molar-refractivity contribution in [1.29, 1.82) is 0 Å². The van der Waals surface area contributed by atoms with Crippen molar-refractivity contribution < 1.29 is 4.79 Å². The second-order valence-electron chi connectivity index (χ2n) is 5.87. The summed E-state index contributed by atoms with van der Waals surface area (Å²) < 4.78 is 0. The predicted molar refractivity (Wildman–Crippen MR) is 123 cm³/mol. The van der Waals surface area contributed by atoms with E-state index in [4.69, 9.17) is 6.42 Å². The average Bonchev–Trinajstić information content (AvgIpc) is 3.11. The number of carbonyl (C=O) groups excluding carboxylic acids is 1. The Morgan fingerprint density at radius 2 is 2.15 bits per heavy atom. The SMILES string of the molecule is C#Cc1cccc(NC(=O)CNC(=NC)NCc2nc(C(C)C)cs2)c1.I. The van der Waals surface area contributed by atoms with E-state index >= 15 is 0 Å². The second kappa shape index (κ2) is 11.6. The van der Waals surface area contributed by atoms with Crippen molar-refractivity contribution >= 4 is 52.9 Å². The molecular weight excluding hydrogens is 473 g/mol. The third-order valence-corrected chi connectivity index (χ3v) is 4.39. The van der Waals surface area contributed by atoms with Gasteiger partial charge in [0.05, 0.1) is 18.8 Å². The molecule has 0 aliphatic rings. The van der Waals surface area contributed by atoms with Crippen LogP contribution in [-0.4, -0.2) is 30.4 Å². The highest BCUT2D eigenvalue weighted by Gasteiger charge is 2.08. The van der Waals surface area contributed by atoms with E-state index < -0.39 is 0 Å². The summed E-state index contributed by atoms with van der Waals surface area (Å²) in [6.07, 6.45) is 5.36. The smallest absolute Gasteiger partial charge is 0.243 e. The highest BCUT2D eigenvalue weighted by Crippen LogP contribution is 2.17. The van der Waals surface area contributed by atoms with Crippen LogP contribution >= 0.6 is 35.3 Å². The number of anilines is 1. The lowest BCUT2D eigenvalue weighted by atomic mass is 10.2. The van der Waals surface area contributed by atoms with Gasteiger partial charge in [-0.3, -0.25) is 9.79 Å². The number of benzene rings is 1. The highest BCUT2D eigenvalue weighted by molar-refractivity contribution is 14.0. The number of aromatic nitrogens is 1. The lowest BCUT2D eigenvalue weighted by Gasteiger charge is -2.11. The number of hydrogen-bond acceptors (Lipinski definition) is 4. The Labute approximate surface area is 181 Å². The molecule has 0 aliphatic carbocycles. The number of carbonyl (C=O) groups is 1. The molecule has 0 aliphatic heterocycles. The standard InChI is InChI=1S/C19H23N5OS.HI/c1-5-14-7-6-8-15(9-14)23-17(25)10-21-19(20-4)22-11-18-24-16(12-26-18)13(2)3;/h1,6-9,12-13H,10-11H2,2-4H3,(H,23,25)(H2,20,21,22);1H. The number of hydrogen-bond donors (Lipinski definition) is 3. The van der Waals surface area contributed by atoms with Gasteiger partial charge in [0.2, 0.25) is 5.91 Å². The Balaban J connectivity index is 0.00000364. The number of nitrogens with one attached hydrogen (secondary N) is 3. The third-order valence-electron chi connectivity index (χ3n) is 3.52. The molecule has 0 bridgehead atoms. The van der Waals surface area contributed by atoms with Gasteiger partial charge in [-0.2, -0.15) is 0 Å². The molecule has 0 saturated carbocycles. The Hall–Kier alpha value is -2.12. The van der Waals surface area contributed by atoms with E-state index in [0.717, 1.165) is 16.3 Å². The van der Waals surface area contributed by atoms with Crippen molar-refractivity contribution in [3.05, 3.63) is 45.9 Å². The number of thiazole rings is 1. The summed E-state index contributed by atoms with van der Waals surface area (Å²) >= 11 is 1.61. The number of amides is 1. The van der Waals surface area contributed by atoms with E-state index in [1.165, 1.54) is 0 Å². The predicted octanol–water partition coefficient (Wildman–Crippen LogP) is 3.17. The molecule has 0 spiro atoms. The van der Waals surface area contributed by atoms with E-state index in [0.29, 0.717) is 24.1 Å². The quantitative estimate of drug-likeness (QED) is 0.248. The molecule has 1 aromatic heterocycles. The molecule has 2 rings (SSSR count). The van der Waals surface area contributed by atoms with Gasteiger partial charge < -0.3 is 16.0 Å². The minimum absolute atomic E-state index is 0. The van der Waals surface area contributed by atoms with E-state index in [-0.39, 0.29) is 36.4 Å². The van der Waals surface area contributed by atoms with Gasteiger partial charge in [-0.05, 0) is 24.1 Å². The second-order valence-corrected chi connectivity index (χ2v) is 6.82. The van der Waals surface area contributed by atoms with E-state index in [1.807, 2.05) is 6.07 Å². The fourth-order valence-corrected chi connectivity index (χ4v) is 3.00. The topological polar surface area (TPSA) is 78.4 Å². The monoisotopic (exact) mass is 497 g/mol. The lowest BCUT2D eigenvalue weighted by Crippen LogP contribution is -2.41. The van der Waals surface area contributed by atoms with Crippen LogP contribution in [0, 0.1) is 12.3 Å². The van der Waals surface area contributed by atoms with Crippen LogP contribution in [0.1, 0.15) is 36.0 Å². The molecule has 1 aromatic carbocycles. The Morgan fingerprint density at radius 3 is 2.78 bits per heavy atom. The van der Waals surface area contributed by atoms with Gasteiger partial charge in [0.15, 0.2) is 5.96 Å². The average molecular weight is 497 g/mol. The summed E-state index contributed by atoms with van der Waals surface area (Å²) in [5.74, 6) is 3.31. The van der Waals surface area contributed by atoms with Gasteiger partial charge in [-0.1, -0.05) is 25.8 Å². The highest BCUT2D eigenvalue weighted by atomic mass is 127. The van der Waals surface area contributed by atoms with E-state index in [1.54, 1.807) is 36.6 Å². The van der Waals surface area contributed by atoms with E-state index in [9.17, 15) is 4.79 Å². The first-order valence-corrected chi connectivity index (χ1v) is 9.15. The minimum Gasteiger partial charge on any atom is -0.350 e. The normalized spacial score (nSPS) is 10.7. The zero-order chi connectivity index (χ0) is 18.9. The number of guanidine groups is 1. The van der Waals surface area contributed by atoms with Crippen molar-refractivity contribution in [3.63, 3.8) is 0 Å². The first-order valence-electron chi connectivity index (χ1n) is 8.27. The maximum atomic E-state index is 12.1. The summed E-state index contributed by atoms with van der Waals surface area (Å²) in [7, 11) is 1.66. The molecule has 1 amide bonds. The van der Waals surface area contributed by atoms with Gasteiger partial charge in [-0.25, -0.2) is 4.98 Å². The lowest BCUT2D eigenvalue weighted by molar-refractivity contribution is -0.115. The molecule has 0 atom stereocenters. The zero-order valence-corrected chi connectivity index (χ0v) is 18.7. The van der Waals surface area contributed by atoms with Gasteiger partial charge in [-0.15, -0.1) is 41.7 Å². The maximum absolute atomic E-state index is 12.1. The number of aliphatic imine (C=N–C) groups is 1. The first kappa shape index (κ1) is 22.9. The number of terminal acetylenes is 1. The molecule has 27 heavy (non-hydrogen) atoms. The van der Waals surface area contributed by atoms with Crippen LogP contribution < -0.4 is 16.0 Å². The molecule has 2 aromatic rings. The third kappa shape index (κ3) is 7.56. The Kier molecular flexibility index (Phi) is 9.82. The fraction of sp³-hybridized carbons (Fsp3) is 0.316. The van der Waals surface area contributed by atoms with Crippen LogP contribution in [0.25, 0.3) is 0 Å². The van der Waals surface area contributed by atoms with Gasteiger partial charge >= 0.3 is 0 Å². The van der Waals surface area contributed by atoms with E-state index in [2.05, 4.69) is 51.1 Å². The Morgan fingerprint density at radius 1 is 1.37 bits per heavy atom. The summed E-state index contributed by atoms with van der Waals surface area (Å²) in [5.41, 5.74) is 2.47. The van der Waals surface area contributed by atoms with Crippen LogP contribution in [0.2, 0.25) is 0 Å². The molecule has 0 radical (unpaired) electrons. The van der Waals surface area contributed by atoms with Crippen LogP contribution in [0.3, 0.4) is 0 Å². The molecular formula is C19H24IN5OS.